The quantitative estimate of drug-likeness (QED) is 0.331. The van der Waals surface area contributed by atoms with E-state index in [2.05, 4.69) is 15.4 Å². The van der Waals surface area contributed by atoms with Crippen LogP contribution < -0.4 is 25.2 Å². The number of anilines is 1. The van der Waals surface area contributed by atoms with Crippen LogP contribution in [-0.2, 0) is 0 Å². The van der Waals surface area contributed by atoms with Gasteiger partial charge in [-0.2, -0.15) is 9.94 Å². The first kappa shape index (κ1) is 23.9. The number of methoxy groups -OCH3 is 1. The van der Waals surface area contributed by atoms with Gasteiger partial charge in [0, 0.05) is 11.3 Å². The second-order valence-electron chi connectivity index (χ2n) is 7.77. The second-order valence-corrected chi connectivity index (χ2v) is 8.69. The van der Waals surface area contributed by atoms with E-state index in [0.29, 0.717) is 11.3 Å². The van der Waals surface area contributed by atoms with Crippen LogP contribution >= 0.6 is 11.3 Å². The molecule has 0 spiro atoms. The number of carboxylic acids is 1. The van der Waals surface area contributed by atoms with Crippen LogP contribution in [0.5, 0.6) is 17.2 Å². The number of ether oxygens (including phenoxy) is 3. The number of benzene rings is 2. The lowest BCUT2D eigenvalue weighted by atomic mass is 10.0. The van der Waals surface area contributed by atoms with Crippen LogP contribution in [-0.4, -0.2) is 46.2 Å². The maximum absolute atomic E-state index is 15.8. The van der Waals surface area contributed by atoms with Crippen molar-refractivity contribution in [3.63, 3.8) is 0 Å². The number of aromatic amines is 1. The minimum Gasteiger partial charge on any atom is -0.493 e. The van der Waals surface area contributed by atoms with E-state index in [-0.39, 0.29) is 52.4 Å². The molecule has 3 heterocycles. The first-order valence-corrected chi connectivity index (χ1v) is 11.7. The van der Waals surface area contributed by atoms with E-state index in [0.717, 1.165) is 16.0 Å². The Kier molecular flexibility index (Phi) is 6.24. The van der Waals surface area contributed by atoms with Crippen molar-refractivity contribution in [1.29, 1.82) is 5.26 Å². The minimum atomic E-state index is -1.21. The highest BCUT2D eigenvalue weighted by Gasteiger charge is 2.31. The molecule has 0 bridgehead atoms. The average molecular weight is 524 g/mol. The average Bonchev–Trinajstić information content (AvgIpc) is 3.55. The molecular formula is C24H18FN5O6S. The molecule has 0 saturated carbocycles. The van der Waals surface area contributed by atoms with Gasteiger partial charge in [-0.3, -0.25) is 4.98 Å². The largest absolute Gasteiger partial charge is 0.493 e. The maximum atomic E-state index is 15.8. The van der Waals surface area contributed by atoms with Gasteiger partial charge >= 0.3 is 11.7 Å². The van der Waals surface area contributed by atoms with Crippen LogP contribution in [0.25, 0.3) is 5.69 Å². The fraction of sp³-hybridized carbons (Fsp3) is 0.167. The number of rotatable bonds is 7. The van der Waals surface area contributed by atoms with E-state index in [1.54, 1.807) is 24.3 Å². The highest BCUT2D eigenvalue weighted by molar-refractivity contribution is 7.12. The predicted octanol–water partition coefficient (Wildman–Crippen LogP) is 3.31. The summed E-state index contributed by atoms with van der Waals surface area (Å²) in [5.74, 6) is -1.77. The van der Waals surface area contributed by atoms with Crippen LogP contribution in [0.15, 0.2) is 46.6 Å². The summed E-state index contributed by atoms with van der Waals surface area (Å²) in [6, 6.07) is 10.2. The van der Waals surface area contributed by atoms with Crippen molar-refractivity contribution in [2.75, 3.05) is 25.6 Å². The Hall–Kier alpha value is -4.83. The molecule has 0 amide bonds. The Morgan fingerprint density at radius 3 is 2.70 bits per heavy atom. The van der Waals surface area contributed by atoms with Gasteiger partial charge in [-0.1, -0.05) is 0 Å². The lowest BCUT2D eigenvalue weighted by Gasteiger charge is -2.25. The van der Waals surface area contributed by atoms with Crippen molar-refractivity contribution >= 4 is 23.0 Å². The van der Waals surface area contributed by atoms with E-state index in [1.807, 2.05) is 6.07 Å². The third kappa shape index (κ3) is 4.34. The molecule has 0 aliphatic carbocycles. The first-order valence-electron chi connectivity index (χ1n) is 10.8. The third-order valence-corrected chi connectivity index (χ3v) is 6.47. The van der Waals surface area contributed by atoms with E-state index >= 15 is 4.39 Å². The predicted molar refractivity (Wildman–Crippen MR) is 130 cm³/mol. The van der Waals surface area contributed by atoms with Gasteiger partial charge in [0.25, 0.3) is 0 Å². The van der Waals surface area contributed by atoms with Crippen molar-refractivity contribution < 1.29 is 28.5 Å². The molecule has 3 N–H and O–H groups in total. The first-order chi connectivity index (χ1) is 17.9. The minimum absolute atomic E-state index is 0.00507. The summed E-state index contributed by atoms with van der Waals surface area (Å²) < 4.78 is 33.2. The lowest BCUT2D eigenvalue weighted by Crippen LogP contribution is -2.21. The van der Waals surface area contributed by atoms with E-state index in [9.17, 15) is 14.7 Å². The number of hydrogen-bond donors (Lipinski definition) is 3. The van der Waals surface area contributed by atoms with Gasteiger partial charge in [0.05, 0.1) is 24.4 Å². The van der Waals surface area contributed by atoms with E-state index in [4.69, 9.17) is 19.5 Å². The summed E-state index contributed by atoms with van der Waals surface area (Å²) in [6.07, 6.45) is 0. The van der Waals surface area contributed by atoms with Crippen LogP contribution in [0.2, 0.25) is 0 Å². The number of fused-ring (bicyclic) bond motifs is 1. The van der Waals surface area contributed by atoms with Gasteiger partial charge in [0.2, 0.25) is 11.5 Å². The van der Waals surface area contributed by atoms with Gasteiger partial charge in [-0.15, -0.1) is 16.4 Å². The summed E-state index contributed by atoms with van der Waals surface area (Å²) in [5, 5.41) is 27.5. The Morgan fingerprint density at radius 1 is 1.30 bits per heavy atom. The number of carboxylic acid groups (broad SMARTS) is 1. The number of nitriles is 1. The van der Waals surface area contributed by atoms with Crippen LogP contribution in [0.3, 0.4) is 0 Å². The fourth-order valence-corrected chi connectivity index (χ4v) is 4.60. The topological polar surface area (TPSA) is 151 Å². The molecular weight excluding hydrogens is 505 g/mol. The lowest BCUT2D eigenvalue weighted by molar-refractivity contribution is 0.0702. The molecule has 0 saturated heterocycles. The fourth-order valence-electron chi connectivity index (χ4n) is 3.89. The number of thiophene rings is 1. The van der Waals surface area contributed by atoms with E-state index < -0.39 is 23.5 Å². The molecule has 13 heteroatoms. The molecule has 0 fully saturated rings. The molecule has 37 heavy (non-hydrogen) atoms. The Balaban J connectivity index is 1.67. The smallest absolute Gasteiger partial charge is 0.348 e. The normalized spacial score (nSPS) is 13.0. The van der Waals surface area contributed by atoms with Crippen LogP contribution in [0.1, 0.15) is 32.7 Å². The summed E-state index contributed by atoms with van der Waals surface area (Å²) in [4.78, 5) is 27.0. The van der Waals surface area contributed by atoms with Crippen molar-refractivity contribution in [1.82, 2.24) is 14.8 Å². The Morgan fingerprint density at radius 2 is 2.03 bits per heavy atom. The molecule has 1 aliphatic rings. The molecule has 4 aromatic rings. The molecule has 1 unspecified atom stereocenters. The number of aromatic nitrogens is 3. The molecule has 5 rings (SSSR count). The number of nitrogens with zero attached hydrogens (tertiary/aromatic N) is 3. The molecule has 1 atom stereocenters. The summed E-state index contributed by atoms with van der Waals surface area (Å²) >= 11 is 0.942. The summed E-state index contributed by atoms with van der Waals surface area (Å²) in [6.45, 7) is 0.352. The molecule has 2 aromatic heterocycles. The Labute approximate surface area is 212 Å². The zero-order valence-corrected chi connectivity index (χ0v) is 20.0. The molecule has 188 valence electrons. The third-order valence-electron chi connectivity index (χ3n) is 5.58. The number of halogens is 1. The number of H-pyrrole nitrogens is 1. The molecule has 0 radical (unpaired) electrons. The van der Waals surface area contributed by atoms with Gasteiger partial charge < -0.3 is 24.6 Å². The zero-order chi connectivity index (χ0) is 26.1. The highest BCUT2D eigenvalue weighted by atomic mass is 32.1. The van der Waals surface area contributed by atoms with Gasteiger partial charge in [0.1, 0.15) is 24.1 Å². The Bertz CT molecular complexity index is 1590. The van der Waals surface area contributed by atoms with Crippen molar-refractivity contribution in [3.8, 4) is 29.0 Å². The zero-order valence-electron chi connectivity index (χ0n) is 19.1. The van der Waals surface area contributed by atoms with Gasteiger partial charge in [-0.25, -0.2) is 14.0 Å². The molecule has 11 nitrogen and oxygen atoms in total. The number of nitrogens with one attached hydrogen (secondary N) is 2. The summed E-state index contributed by atoms with van der Waals surface area (Å²) in [7, 11) is 1.40. The van der Waals surface area contributed by atoms with Crippen LogP contribution in [0.4, 0.5) is 10.1 Å². The standard InChI is InChI=1S/C24H18FN5O6S/c1-34-16-10-14(17(25)20-19(16)35-7-8-36-20)18(27-13-4-2-12(11-26)3-5-13)22-28-24(33)30(29-22)15-6-9-37-21(15)23(31)32/h2-6,9-10,18,27H,7-8H2,1H3,(H,31,32)(H,28,29,33). The van der Waals surface area contributed by atoms with Gasteiger partial charge in [0.15, 0.2) is 17.4 Å². The number of aromatic carboxylic acids is 1. The second kappa shape index (κ2) is 9.67. The van der Waals surface area contributed by atoms with Crippen molar-refractivity contribution in [2.24, 2.45) is 0 Å². The van der Waals surface area contributed by atoms with Crippen molar-refractivity contribution in [2.45, 2.75) is 6.04 Å². The molecule has 2 aromatic carbocycles. The SMILES string of the molecule is COc1cc(C(Nc2ccc(C#N)cc2)c2nn(-c3ccsc3C(=O)O)c(=O)[nH]2)c(F)c2c1OCCO2. The van der Waals surface area contributed by atoms with E-state index in [1.165, 1.54) is 24.6 Å². The van der Waals surface area contributed by atoms with Gasteiger partial charge in [-0.05, 0) is 41.8 Å². The number of carbonyl (C=O) groups is 1. The van der Waals surface area contributed by atoms with Crippen molar-refractivity contribution in [3.05, 3.63) is 79.9 Å². The van der Waals surface area contributed by atoms with Crippen LogP contribution in [0, 0.1) is 17.1 Å². The molecule has 1 aliphatic heterocycles. The monoisotopic (exact) mass is 523 g/mol. The summed E-state index contributed by atoms with van der Waals surface area (Å²) in [5.41, 5.74) is 0.296. The number of hydrogen-bond acceptors (Lipinski definition) is 9. The highest BCUT2D eigenvalue weighted by Crippen LogP contribution is 2.45. The maximum Gasteiger partial charge on any atom is 0.348 e.